The predicted molar refractivity (Wildman–Crippen MR) is 136 cm³/mol. The van der Waals surface area contributed by atoms with Crippen LogP contribution in [-0.4, -0.2) is 60.1 Å². The Hall–Kier alpha value is -3.11. The van der Waals surface area contributed by atoms with Crippen LogP contribution in [-0.2, 0) is 0 Å². The molecule has 5 rings (SSSR count). The monoisotopic (exact) mass is 553 g/mol. The third-order valence-corrected chi connectivity index (χ3v) is 7.49. The first-order chi connectivity index (χ1) is 17.7. The number of benzene rings is 2. The van der Waals surface area contributed by atoms with Crippen LogP contribution in [0.2, 0.25) is 10.0 Å². The van der Waals surface area contributed by atoms with E-state index < -0.39 is 24.2 Å². The number of nitrogens with one attached hydrogen (secondary N) is 1. The number of hydrogen-bond acceptors (Lipinski definition) is 5. The average molecular weight is 554 g/mol. The maximum absolute atomic E-state index is 14.0. The minimum absolute atomic E-state index is 0.0303. The average Bonchev–Trinajstić information content (AvgIpc) is 3.33. The van der Waals surface area contributed by atoms with Gasteiger partial charge in [0.05, 0.1) is 28.9 Å². The Bertz CT molecular complexity index is 1310. The third kappa shape index (κ3) is 5.04. The number of carbonyl (C=O) groups excluding carboxylic acids is 1. The van der Waals surface area contributed by atoms with E-state index in [4.69, 9.17) is 27.9 Å². The number of amides is 1. The zero-order chi connectivity index (χ0) is 26.3. The highest BCUT2D eigenvalue weighted by molar-refractivity contribution is 6.42. The molecule has 3 aromatic rings. The molecule has 0 spiro atoms. The summed E-state index contributed by atoms with van der Waals surface area (Å²) in [6.07, 6.45) is -4.86. The van der Waals surface area contributed by atoms with Crippen molar-refractivity contribution >= 4 is 40.6 Å². The standard InChI is InChI=1S/C25H24Cl2F3N5O2/c1-37-21-5-3-2-4-20(21)33-8-10-34(11-9-33)24(36)19-14-23-31-18(15-6-7-16(26)17(27)12-15)13-22(25(28,29)30)35(23)32-19/h2-7,12,14,18,22,31H,8-11,13H2,1H3/t18-,22+/m0/s1. The molecule has 2 aliphatic rings. The molecule has 1 saturated heterocycles. The van der Waals surface area contributed by atoms with Crippen molar-refractivity contribution in [1.82, 2.24) is 14.7 Å². The minimum Gasteiger partial charge on any atom is -0.495 e. The van der Waals surface area contributed by atoms with Gasteiger partial charge in [-0.25, -0.2) is 4.68 Å². The van der Waals surface area contributed by atoms with E-state index in [-0.39, 0.29) is 23.0 Å². The van der Waals surface area contributed by atoms with E-state index in [2.05, 4.69) is 15.3 Å². The minimum atomic E-state index is -4.56. The lowest BCUT2D eigenvalue weighted by Crippen LogP contribution is -2.49. The third-order valence-electron chi connectivity index (χ3n) is 6.75. The van der Waals surface area contributed by atoms with Gasteiger partial charge in [0.2, 0.25) is 0 Å². The molecule has 7 nitrogen and oxygen atoms in total. The normalized spacial score (nSPS) is 19.8. The molecule has 3 heterocycles. The molecule has 0 saturated carbocycles. The van der Waals surface area contributed by atoms with Crippen LogP contribution >= 0.6 is 23.2 Å². The molecule has 1 N–H and O–H groups in total. The van der Waals surface area contributed by atoms with Crippen molar-refractivity contribution in [2.75, 3.05) is 43.5 Å². The molecule has 2 aromatic carbocycles. The Labute approximate surface area is 221 Å². The van der Waals surface area contributed by atoms with E-state index in [9.17, 15) is 18.0 Å². The summed E-state index contributed by atoms with van der Waals surface area (Å²) in [6, 6.07) is 11.2. The second-order valence-electron chi connectivity index (χ2n) is 8.97. The van der Waals surface area contributed by atoms with Crippen LogP contribution in [0, 0.1) is 0 Å². The predicted octanol–water partition coefficient (Wildman–Crippen LogP) is 5.82. The molecule has 0 radical (unpaired) electrons. The van der Waals surface area contributed by atoms with Gasteiger partial charge >= 0.3 is 6.18 Å². The van der Waals surface area contributed by atoms with Gasteiger partial charge in [-0.05, 0) is 29.8 Å². The number of anilines is 2. The number of carbonyl (C=O) groups is 1. The summed E-state index contributed by atoms with van der Waals surface area (Å²) in [7, 11) is 1.60. The number of halogens is 5. The van der Waals surface area contributed by atoms with Crippen LogP contribution in [0.25, 0.3) is 0 Å². The first kappa shape index (κ1) is 25.5. The lowest BCUT2D eigenvalue weighted by molar-refractivity contribution is -0.173. The highest BCUT2D eigenvalue weighted by Crippen LogP contribution is 2.44. The van der Waals surface area contributed by atoms with Gasteiger partial charge in [0, 0.05) is 38.7 Å². The number of rotatable bonds is 4. The molecule has 0 aliphatic carbocycles. The Kier molecular flexibility index (Phi) is 6.89. The van der Waals surface area contributed by atoms with Crippen molar-refractivity contribution in [3.05, 3.63) is 69.8 Å². The van der Waals surface area contributed by atoms with Crippen LogP contribution in [0.1, 0.15) is 34.6 Å². The van der Waals surface area contributed by atoms with Crippen molar-refractivity contribution in [2.24, 2.45) is 0 Å². The van der Waals surface area contributed by atoms with Crippen molar-refractivity contribution in [3.8, 4) is 5.75 Å². The Morgan fingerprint density at radius 1 is 1.05 bits per heavy atom. The van der Waals surface area contributed by atoms with E-state index in [1.807, 2.05) is 24.3 Å². The summed E-state index contributed by atoms with van der Waals surface area (Å²) in [6.45, 7) is 1.92. The lowest BCUT2D eigenvalue weighted by Gasteiger charge is -2.36. The lowest BCUT2D eigenvalue weighted by atomic mass is 9.97. The second-order valence-corrected chi connectivity index (χ2v) is 9.79. The van der Waals surface area contributed by atoms with Gasteiger partial charge in [-0.15, -0.1) is 0 Å². The number of hydrogen-bond donors (Lipinski definition) is 1. The molecule has 1 aromatic heterocycles. The molecular weight excluding hydrogens is 530 g/mol. The topological polar surface area (TPSA) is 62.6 Å². The Morgan fingerprint density at radius 2 is 1.78 bits per heavy atom. The Morgan fingerprint density at radius 3 is 2.46 bits per heavy atom. The fourth-order valence-corrected chi connectivity index (χ4v) is 5.14. The molecule has 0 bridgehead atoms. The van der Waals surface area contributed by atoms with Gasteiger partial charge in [0.25, 0.3) is 5.91 Å². The van der Waals surface area contributed by atoms with E-state index in [1.54, 1.807) is 30.2 Å². The second kappa shape index (κ2) is 9.98. The van der Waals surface area contributed by atoms with E-state index in [0.717, 1.165) is 16.1 Å². The van der Waals surface area contributed by atoms with Crippen LogP contribution in [0.3, 0.4) is 0 Å². The molecule has 196 valence electrons. The summed E-state index contributed by atoms with van der Waals surface area (Å²) < 4.78 is 48.4. The van der Waals surface area contributed by atoms with E-state index in [1.165, 1.54) is 6.07 Å². The number of para-hydroxylation sites is 2. The quantitative estimate of drug-likeness (QED) is 0.441. The largest absolute Gasteiger partial charge is 0.495 e. The van der Waals surface area contributed by atoms with Crippen molar-refractivity contribution in [3.63, 3.8) is 0 Å². The summed E-state index contributed by atoms with van der Waals surface area (Å²) in [4.78, 5) is 17.0. The van der Waals surface area contributed by atoms with Gasteiger partial charge in [0.15, 0.2) is 11.7 Å². The molecule has 2 aliphatic heterocycles. The first-order valence-corrected chi connectivity index (χ1v) is 12.5. The van der Waals surface area contributed by atoms with E-state index in [0.29, 0.717) is 36.8 Å². The van der Waals surface area contributed by atoms with E-state index >= 15 is 0 Å². The molecule has 0 unspecified atom stereocenters. The highest BCUT2D eigenvalue weighted by Gasteiger charge is 2.47. The number of piperazine rings is 1. The summed E-state index contributed by atoms with van der Waals surface area (Å²) in [5.41, 5.74) is 1.47. The first-order valence-electron chi connectivity index (χ1n) is 11.7. The maximum atomic E-state index is 14.0. The molecule has 12 heteroatoms. The highest BCUT2D eigenvalue weighted by atomic mass is 35.5. The number of nitrogens with zero attached hydrogens (tertiary/aromatic N) is 4. The molecule has 2 atom stereocenters. The fourth-order valence-electron chi connectivity index (χ4n) is 4.83. The fraction of sp³-hybridized carbons (Fsp3) is 0.360. The van der Waals surface area contributed by atoms with Crippen LogP contribution in [0.4, 0.5) is 24.7 Å². The van der Waals surface area contributed by atoms with Gasteiger partial charge in [-0.1, -0.05) is 41.4 Å². The van der Waals surface area contributed by atoms with Gasteiger partial charge in [-0.3, -0.25) is 4.79 Å². The van der Waals surface area contributed by atoms with Crippen molar-refractivity contribution < 1.29 is 22.7 Å². The van der Waals surface area contributed by atoms with Crippen LogP contribution in [0.5, 0.6) is 5.75 Å². The number of ether oxygens (including phenoxy) is 1. The molecule has 1 fully saturated rings. The van der Waals surface area contributed by atoms with Crippen LogP contribution in [0.15, 0.2) is 48.5 Å². The smallest absolute Gasteiger partial charge is 0.410 e. The summed E-state index contributed by atoms with van der Waals surface area (Å²) in [5.74, 6) is 0.459. The zero-order valence-corrected chi connectivity index (χ0v) is 21.3. The molecular formula is C25H24Cl2F3N5O2. The number of fused-ring (bicyclic) bond motifs is 1. The maximum Gasteiger partial charge on any atom is 0.410 e. The number of methoxy groups -OCH3 is 1. The molecule has 1 amide bonds. The van der Waals surface area contributed by atoms with Crippen LogP contribution < -0.4 is 15.0 Å². The Balaban J connectivity index is 1.35. The zero-order valence-electron chi connectivity index (χ0n) is 19.8. The van der Waals surface area contributed by atoms with Gasteiger partial charge < -0.3 is 19.9 Å². The molecule has 37 heavy (non-hydrogen) atoms. The van der Waals surface area contributed by atoms with Gasteiger partial charge in [-0.2, -0.15) is 18.3 Å². The van der Waals surface area contributed by atoms with Crippen molar-refractivity contribution in [1.29, 1.82) is 0 Å². The number of alkyl halides is 3. The summed E-state index contributed by atoms with van der Waals surface area (Å²) in [5, 5.41) is 7.76. The SMILES string of the molecule is COc1ccccc1N1CCN(C(=O)c2cc3n(n2)[C@@H](C(F)(F)F)C[C@@H](c2ccc(Cl)c(Cl)c2)N3)CC1. The summed E-state index contributed by atoms with van der Waals surface area (Å²) >= 11 is 12.1. The number of aromatic nitrogens is 2. The van der Waals surface area contributed by atoms with Gasteiger partial charge in [0.1, 0.15) is 11.6 Å². The van der Waals surface area contributed by atoms with Crippen molar-refractivity contribution in [2.45, 2.75) is 24.7 Å².